The number of benzene rings is 1. The van der Waals surface area contributed by atoms with E-state index >= 15 is 0 Å². The van der Waals surface area contributed by atoms with Gasteiger partial charge in [-0.15, -0.1) is 11.6 Å². The van der Waals surface area contributed by atoms with Gasteiger partial charge in [0.25, 0.3) is 0 Å². The Labute approximate surface area is 103 Å². The van der Waals surface area contributed by atoms with Crippen LogP contribution in [0.1, 0.15) is 12.0 Å². The molecule has 0 spiro atoms. The highest BCUT2D eigenvalue weighted by Crippen LogP contribution is 2.17. The SMILES string of the molecule is CS(=O)CC(=CCCCl)c1ccc(F)cc1. The molecule has 0 saturated heterocycles. The Morgan fingerprint density at radius 2 is 2.06 bits per heavy atom. The third-order valence-corrected chi connectivity index (χ3v) is 3.01. The number of allylic oxidation sites excluding steroid dienone is 1. The highest BCUT2D eigenvalue weighted by molar-refractivity contribution is 7.84. The first kappa shape index (κ1) is 13.4. The number of hydrogen-bond acceptors (Lipinski definition) is 1. The molecule has 0 aliphatic heterocycles. The average molecular weight is 261 g/mol. The Morgan fingerprint density at radius 3 is 2.56 bits per heavy atom. The molecule has 1 nitrogen and oxygen atoms in total. The molecule has 1 rings (SSSR count). The van der Waals surface area contributed by atoms with E-state index in [9.17, 15) is 8.60 Å². The fraction of sp³-hybridized carbons (Fsp3) is 0.333. The fourth-order valence-corrected chi connectivity index (χ4v) is 2.20. The lowest BCUT2D eigenvalue weighted by Crippen LogP contribution is -1.98. The number of rotatable bonds is 5. The molecule has 1 aromatic carbocycles. The summed E-state index contributed by atoms with van der Waals surface area (Å²) < 4.78 is 24.0. The fourth-order valence-electron chi connectivity index (χ4n) is 1.37. The van der Waals surface area contributed by atoms with E-state index in [0.717, 1.165) is 17.6 Å². The van der Waals surface area contributed by atoms with Crippen molar-refractivity contribution in [1.82, 2.24) is 0 Å². The van der Waals surface area contributed by atoms with Gasteiger partial charge in [-0.05, 0) is 29.7 Å². The van der Waals surface area contributed by atoms with E-state index in [0.29, 0.717) is 11.6 Å². The third-order valence-electron chi connectivity index (χ3n) is 2.07. The highest BCUT2D eigenvalue weighted by atomic mass is 35.5. The molecule has 0 bridgehead atoms. The second-order valence-electron chi connectivity index (χ2n) is 3.43. The molecule has 0 heterocycles. The predicted octanol–water partition coefficient (Wildman–Crippen LogP) is 3.22. The first-order valence-corrected chi connectivity index (χ1v) is 7.20. The molecular formula is C12H14ClFOS. The minimum Gasteiger partial charge on any atom is -0.260 e. The van der Waals surface area contributed by atoms with Crippen LogP contribution >= 0.6 is 11.6 Å². The molecule has 0 fully saturated rings. The van der Waals surface area contributed by atoms with Crippen LogP contribution in [-0.2, 0) is 10.8 Å². The van der Waals surface area contributed by atoms with Crippen molar-refractivity contribution in [1.29, 1.82) is 0 Å². The standard InChI is InChI=1S/C12H14ClFOS/c1-16(15)9-11(3-2-8-13)10-4-6-12(14)7-5-10/h3-7H,2,8-9H2,1H3. The van der Waals surface area contributed by atoms with Gasteiger partial charge in [0, 0.05) is 28.7 Å². The van der Waals surface area contributed by atoms with E-state index in [4.69, 9.17) is 11.6 Å². The van der Waals surface area contributed by atoms with E-state index in [-0.39, 0.29) is 5.82 Å². The largest absolute Gasteiger partial charge is 0.260 e. The van der Waals surface area contributed by atoms with Gasteiger partial charge < -0.3 is 0 Å². The summed E-state index contributed by atoms with van der Waals surface area (Å²) >= 11 is 5.61. The molecule has 0 aromatic heterocycles. The van der Waals surface area contributed by atoms with Crippen LogP contribution in [0, 0.1) is 5.82 Å². The maximum Gasteiger partial charge on any atom is 0.123 e. The van der Waals surface area contributed by atoms with Crippen molar-refractivity contribution in [3.05, 3.63) is 41.7 Å². The third kappa shape index (κ3) is 4.45. The lowest BCUT2D eigenvalue weighted by Gasteiger charge is -2.06. The minimum atomic E-state index is -0.910. The van der Waals surface area contributed by atoms with Crippen molar-refractivity contribution >= 4 is 28.0 Å². The molecule has 0 radical (unpaired) electrons. The summed E-state index contributed by atoms with van der Waals surface area (Å²) in [5.41, 5.74) is 1.86. The molecule has 1 unspecified atom stereocenters. The van der Waals surface area contributed by atoms with Gasteiger partial charge in [-0.1, -0.05) is 18.2 Å². The van der Waals surface area contributed by atoms with Crippen molar-refractivity contribution in [3.8, 4) is 0 Å². The van der Waals surface area contributed by atoms with Crippen LogP contribution < -0.4 is 0 Å². The maximum atomic E-state index is 12.8. The maximum absolute atomic E-state index is 12.8. The smallest absolute Gasteiger partial charge is 0.123 e. The van der Waals surface area contributed by atoms with Gasteiger partial charge in [0.2, 0.25) is 0 Å². The molecule has 0 amide bonds. The molecule has 0 aliphatic carbocycles. The van der Waals surface area contributed by atoms with Crippen molar-refractivity contribution in [2.24, 2.45) is 0 Å². The molecule has 0 aliphatic rings. The zero-order valence-electron chi connectivity index (χ0n) is 9.08. The quantitative estimate of drug-likeness (QED) is 0.743. The van der Waals surface area contributed by atoms with E-state index in [1.54, 1.807) is 18.4 Å². The zero-order chi connectivity index (χ0) is 12.0. The molecule has 1 aromatic rings. The van der Waals surface area contributed by atoms with Gasteiger partial charge in [-0.25, -0.2) is 4.39 Å². The summed E-state index contributed by atoms with van der Waals surface area (Å²) in [5, 5.41) is 0. The highest BCUT2D eigenvalue weighted by Gasteiger charge is 2.04. The minimum absolute atomic E-state index is 0.266. The normalized spacial score (nSPS) is 13.8. The summed E-state index contributed by atoms with van der Waals surface area (Å²) in [5.74, 6) is 0.738. The Bertz CT molecular complexity index is 387. The van der Waals surface area contributed by atoms with E-state index < -0.39 is 10.8 Å². The number of halogens is 2. The first-order valence-electron chi connectivity index (χ1n) is 4.94. The molecule has 1 atom stereocenters. The van der Waals surface area contributed by atoms with Crippen molar-refractivity contribution in [2.75, 3.05) is 17.9 Å². The second kappa shape index (κ2) is 6.81. The summed E-state index contributed by atoms with van der Waals surface area (Å²) in [7, 11) is -0.910. The van der Waals surface area contributed by atoms with E-state index in [2.05, 4.69) is 0 Å². The van der Waals surface area contributed by atoms with Crippen LogP contribution in [0.2, 0.25) is 0 Å². The molecule has 0 N–H and O–H groups in total. The van der Waals surface area contributed by atoms with Gasteiger partial charge in [0.1, 0.15) is 5.82 Å². The van der Waals surface area contributed by atoms with Crippen molar-refractivity contribution in [3.63, 3.8) is 0 Å². The van der Waals surface area contributed by atoms with Gasteiger partial charge in [0.05, 0.1) is 0 Å². The summed E-state index contributed by atoms with van der Waals surface area (Å²) in [6.45, 7) is 0. The molecule has 88 valence electrons. The Hall–Kier alpha value is -0.670. The lowest BCUT2D eigenvalue weighted by molar-refractivity contribution is 0.627. The molecule has 4 heteroatoms. The molecule has 16 heavy (non-hydrogen) atoms. The first-order chi connectivity index (χ1) is 7.63. The molecular weight excluding hydrogens is 247 g/mol. The van der Waals surface area contributed by atoms with Crippen LogP contribution in [0.15, 0.2) is 30.3 Å². The van der Waals surface area contributed by atoms with Crippen LogP contribution in [0.5, 0.6) is 0 Å². The topological polar surface area (TPSA) is 17.1 Å². The van der Waals surface area contributed by atoms with Gasteiger partial charge >= 0.3 is 0 Å². The monoisotopic (exact) mass is 260 g/mol. The predicted molar refractivity (Wildman–Crippen MR) is 68.6 cm³/mol. The van der Waals surface area contributed by atoms with Crippen LogP contribution in [0.3, 0.4) is 0 Å². The van der Waals surface area contributed by atoms with Crippen molar-refractivity contribution in [2.45, 2.75) is 6.42 Å². The van der Waals surface area contributed by atoms with Crippen molar-refractivity contribution < 1.29 is 8.60 Å². The Morgan fingerprint density at radius 1 is 1.44 bits per heavy atom. The summed E-state index contributed by atoms with van der Waals surface area (Å²) in [6, 6.07) is 6.20. The van der Waals surface area contributed by atoms with Crippen LogP contribution in [0.4, 0.5) is 4.39 Å². The van der Waals surface area contributed by atoms with Crippen LogP contribution in [-0.4, -0.2) is 22.1 Å². The number of hydrogen-bond donors (Lipinski definition) is 0. The average Bonchev–Trinajstić information content (AvgIpc) is 2.25. The van der Waals surface area contributed by atoms with Gasteiger partial charge in [0.15, 0.2) is 0 Å². The van der Waals surface area contributed by atoms with Gasteiger partial charge in [-0.3, -0.25) is 4.21 Å². The van der Waals surface area contributed by atoms with Crippen LogP contribution in [0.25, 0.3) is 5.57 Å². The number of alkyl halides is 1. The van der Waals surface area contributed by atoms with E-state index in [1.165, 1.54) is 12.1 Å². The van der Waals surface area contributed by atoms with Gasteiger partial charge in [-0.2, -0.15) is 0 Å². The second-order valence-corrected chi connectivity index (χ2v) is 5.24. The Balaban J connectivity index is 2.91. The Kier molecular flexibility index (Phi) is 5.71. The summed E-state index contributed by atoms with van der Waals surface area (Å²) in [4.78, 5) is 0. The summed E-state index contributed by atoms with van der Waals surface area (Å²) in [6.07, 6.45) is 4.34. The van der Waals surface area contributed by atoms with E-state index in [1.807, 2.05) is 6.08 Å². The zero-order valence-corrected chi connectivity index (χ0v) is 10.7. The lowest BCUT2D eigenvalue weighted by atomic mass is 10.1. The molecule has 0 saturated carbocycles.